The first-order valence-corrected chi connectivity index (χ1v) is 6.55. The summed E-state index contributed by atoms with van der Waals surface area (Å²) in [5.41, 5.74) is 3.67. The number of aldehydes is 1. The fraction of sp³-hybridized carbons (Fsp3) is 0.118. The van der Waals surface area contributed by atoms with Crippen molar-refractivity contribution < 1.29 is 13.6 Å². The van der Waals surface area contributed by atoms with Gasteiger partial charge < -0.3 is 4.98 Å². The summed E-state index contributed by atoms with van der Waals surface area (Å²) in [5, 5.41) is 0.781. The SMILES string of the molecule is Cc1ccc(C)c2c(C=O)c(-c3ccc(F)cc3F)[nH]c12. The molecule has 1 aromatic heterocycles. The Kier molecular flexibility index (Phi) is 3.09. The molecule has 0 radical (unpaired) electrons. The molecule has 2 nitrogen and oxygen atoms in total. The van der Waals surface area contributed by atoms with Gasteiger partial charge in [-0.15, -0.1) is 0 Å². The minimum atomic E-state index is -0.694. The second kappa shape index (κ2) is 4.81. The summed E-state index contributed by atoms with van der Waals surface area (Å²) in [6.07, 6.45) is 0.712. The zero-order chi connectivity index (χ0) is 15.1. The Morgan fingerprint density at radius 1 is 1.05 bits per heavy atom. The van der Waals surface area contributed by atoms with Gasteiger partial charge in [0.25, 0.3) is 0 Å². The van der Waals surface area contributed by atoms with E-state index in [1.807, 2.05) is 26.0 Å². The van der Waals surface area contributed by atoms with E-state index in [0.29, 0.717) is 17.5 Å². The second-order valence-electron chi connectivity index (χ2n) is 5.11. The van der Waals surface area contributed by atoms with Crippen LogP contribution in [0.3, 0.4) is 0 Å². The molecule has 2 aromatic carbocycles. The van der Waals surface area contributed by atoms with Crippen molar-refractivity contribution in [2.45, 2.75) is 13.8 Å². The molecule has 0 atom stereocenters. The van der Waals surface area contributed by atoms with Crippen LogP contribution in [0.15, 0.2) is 30.3 Å². The first-order valence-electron chi connectivity index (χ1n) is 6.55. The summed E-state index contributed by atoms with van der Waals surface area (Å²) in [6, 6.07) is 7.19. The average molecular weight is 285 g/mol. The number of nitrogens with one attached hydrogen (secondary N) is 1. The highest BCUT2D eigenvalue weighted by atomic mass is 19.1. The lowest BCUT2D eigenvalue weighted by Crippen LogP contribution is -1.90. The van der Waals surface area contributed by atoms with Gasteiger partial charge in [0.2, 0.25) is 0 Å². The van der Waals surface area contributed by atoms with Gasteiger partial charge in [0.15, 0.2) is 6.29 Å². The molecule has 0 aliphatic carbocycles. The van der Waals surface area contributed by atoms with Crippen LogP contribution in [0.4, 0.5) is 8.78 Å². The van der Waals surface area contributed by atoms with Gasteiger partial charge in [-0.1, -0.05) is 12.1 Å². The van der Waals surface area contributed by atoms with Gasteiger partial charge in [-0.25, -0.2) is 8.78 Å². The van der Waals surface area contributed by atoms with Crippen molar-refractivity contribution in [1.29, 1.82) is 0 Å². The monoisotopic (exact) mass is 285 g/mol. The lowest BCUT2D eigenvalue weighted by Gasteiger charge is -2.02. The summed E-state index contributed by atoms with van der Waals surface area (Å²) in [7, 11) is 0. The average Bonchev–Trinajstić information content (AvgIpc) is 2.83. The summed E-state index contributed by atoms with van der Waals surface area (Å²) in [5.74, 6) is -1.34. The maximum Gasteiger partial charge on any atom is 0.152 e. The van der Waals surface area contributed by atoms with E-state index in [1.165, 1.54) is 12.1 Å². The number of halogens is 2. The van der Waals surface area contributed by atoms with Gasteiger partial charge in [0.1, 0.15) is 11.6 Å². The number of benzene rings is 2. The van der Waals surface area contributed by atoms with Crippen LogP contribution >= 0.6 is 0 Å². The van der Waals surface area contributed by atoms with Crippen LogP contribution in [0.1, 0.15) is 21.5 Å². The van der Waals surface area contributed by atoms with Crippen LogP contribution in [0, 0.1) is 25.5 Å². The van der Waals surface area contributed by atoms with E-state index in [9.17, 15) is 13.6 Å². The molecule has 0 fully saturated rings. The summed E-state index contributed by atoms with van der Waals surface area (Å²) in [6.45, 7) is 3.81. The number of carbonyl (C=O) groups excluding carboxylic acids is 1. The van der Waals surface area contributed by atoms with Crippen LogP contribution in [-0.4, -0.2) is 11.3 Å². The van der Waals surface area contributed by atoms with Gasteiger partial charge in [-0.2, -0.15) is 0 Å². The van der Waals surface area contributed by atoms with E-state index < -0.39 is 11.6 Å². The molecule has 4 heteroatoms. The van der Waals surface area contributed by atoms with Crippen LogP contribution in [-0.2, 0) is 0 Å². The van der Waals surface area contributed by atoms with Crippen molar-refractivity contribution >= 4 is 17.2 Å². The minimum Gasteiger partial charge on any atom is -0.354 e. The lowest BCUT2D eigenvalue weighted by atomic mass is 10.0. The molecular weight excluding hydrogens is 272 g/mol. The third-order valence-electron chi connectivity index (χ3n) is 3.73. The third kappa shape index (κ3) is 2.03. The van der Waals surface area contributed by atoms with Crippen LogP contribution in [0.5, 0.6) is 0 Å². The largest absolute Gasteiger partial charge is 0.354 e. The Labute approximate surface area is 120 Å². The predicted octanol–water partition coefficient (Wildman–Crippen LogP) is 4.54. The Morgan fingerprint density at radius 3 is 2.43 bits per heavy atom. The first-order chi connectivity index (χ1) is 10.0. The third-order valence-corrected chi connectivity index (χ3v) is 3.73. The second-order valence-corrected chi connectivity index (χ2v) is 5.11. The van der Waals surface area contributed by atoms with Crippen molar-refractivity contribution in [1.82, 2.24) is 4.98 Å². The van der Waals surface area contributed by atoms with Gasteiger partial charge in [0, 0.05) is 28.1 Å². The number of aryl methyl sites for hydroxylation is 2. The van der Waals surface area contributed by atoms with Gasteiger partial charge in [-0.3, -0.25) is 4.79 Å². The molecule has 3 rings (SSSR count). The molecule has 0 spiro atoms. The van der Waals surface area contributed by atoms with Crippen molar-refractivity contribution in [2.24, 2.45) is 0 Å². The number of hydrogen-bond donors (Lipinski definition) is 1. The summed E-state index contributed by atoms with van der Waals surface area (Å²) >= 11 is 0. The first kappa shape index (κ1) is 13.5. The molecule has 0 aliphatic rings. The number of aromatic nitrogens is 1. The van der Waals surface area contributed by atoms with Crippen molar-refractivity contribution in [2.75, 3.05) is 0 Å². The van der Waals surface area contributed by atoms with E-state index in [-0.39, 0.29) is 5.56 Å². The predicted molar refractivity (Wildman–Crippen MR) is 78.5 cm³/mol. The molecule has 1 N–H and O–H groups in total. The highest BCUT2D eigenvalue weighted by molar-refractivity contribution is 6.06. The lowest BCUT2D eigenvalue weighted by molar-refractivity contribution is 0.112. The molecular formula is C17H13F2NO. The number of carbonyl (C=O) groups is 1. The molecule has 0 saturated carbocycles. The van der Waals surface area contributed by atoms with Gasteiger partial charge in [0.05, 0.1) is 5.69 Å². The summed E-state index contributed by atoms with van der Waals surface area (Å²) in [4.78, 5) is 14.6. The Morgan fingerprint density at radius 2 is 1.76 bits per heavy atom. The molecule has 0 bridgehead atoms. The van der Waals surface area contributed by atoms with E-state index in [2.05, 4.69) is 4.98 Å². The molecule has 21 heavy (non-hydrogen) atoms. The molecule has 0 amide bonds. The number of fused-ring (bicyclic) bond motifs is 1. The summed E-state index contributed by atoms with van der Waals surface area (Å²) < 4.78 is 27.1. The van der Waals surface area contributed by atoms with E-state index in [4.69, 9.17) is 0 Å². The molecule has 106 valence electrons. The molecule has 0 aliphatic heterocycles. The number of hydrogen-bond acceptors (Lipinski definition) is 1. The Hall–Kier alpha value is -2.49. The maximum absolute atomic E-state index is 14.0. The molecule has 1 heterocycles. The number of H-pyrrole nitrogens is 1. The van der Waals surface area contributed by atoms with Crippen molar-refractivity contribution in [3.05, 3.63) is 58.7 Å². The molecule has 3 aromatic rings. The van der Waals surface area contributed by atoms with E-state index in [0.717, 1.165) is 28.1 Å². The van der Waals surface area contributed by atoms with E-state index >= 15 is 0 Å². The van der Waals surface area contributed by atoms with Crippen molar-refractivity contribution in [3.8, 4) is 11.3 Å². The smallest absolute Gasteiger partial charge is 0.152 e. The zero-order valence-corrected chi connectivity index (χ0v) is 11.6. The van der Waals surface area contributed by atoms with Crippen LogP contribution < -0.4 is 0 Å². The highest BCUT2D eigenvalue weighted by Crippen LogP contribution is 2.34. The fourth-order valence-electron chi connectivity index (χ4n) is 2.66. The quantitative estimate of drug-likeness (QED) is 0.689. The van der Waals surface area contributed by atoms with E-state index in [1.54, 1.807) is 0 Å². The normalized spacial score (nSPS) is 11.0. The molecule has 0 unspecified atom stereocenters. The maximum atomic E-state index is 14.0. The fourth-order valence-corrected chi connectivity index (χ4v) is 2.66. The number of rotatable bonds is 2. The standard InChI is InChI=1S/C17H13F2NO/c1-9-3-4-10(2)16-15(9)13(8-21)17(20-16)12-6-5-11(18)7-14(12)19/h3-8,20H,1-2H3. The highest BCUT2D eigenvalue weighted by Gasteiger charge is 2.18. The van der Waals surface area contributed by atoms with Crippen molar-refractivity contribution in [3.63, 3.8) is 0 Å². The number of aromatic amines is 1. The van der Waals surface area contributed by atoms with Crippen LogP contribution in [0.2, 0.25) is 0 Å². The zero-order valence-electron chi connectivity index (χ0n) is 11.6. The van der Waals surface area contributed by atoms with Gasteiger partial charge in [-0.05, 0) is 37.1 Å². The molecule has 0 saturated heterocycles. The van der Waals surface area contributed by atoms with Crippen LogP contribution in [0.25, 0.3) is 22.2 Å². The Balaban J connectivity index is 2.40. The van der Waals surface area contributed by atoms with Gasteiger partial charge >= 0.3 is 0 Å². The topological polar surface area (TPSA) is 32.9 Å². The Bertz CT molecular complexity index is 865. The minimum absolute atomic E-state index is 0.188.